The monoisotopic (exact) mass is 347 g/mol. The van der Waals surface area contributed by atoms with Crippen LogP contribution in [0.15, 0.2) is 23.8 Å². The minimum atomic E-state index is -1.07. The third-order valence-electron chi connectivity index (χ3n) is 4.68. The van der Waals surface area contributed by atoms with Crippen molar-refractivity contribution in [2.75, 3.05) is 5.32 Å². The van der Waals surface area contributed by atoms with E-state index in [1.165, 1.54) is 19.1 Å². The largest absolute Gasteiger partial charge is 0.508 e. The number of aliphatic hydroxyl groups is 1. The molecule has 6 heteroatoms. The standard InChI is InChI=1S/C19H25NO5/c1-9-5-10(2)16(22)12(4)19(25)20-15-8-13(21)7-14(18(15)24)17(23)11(3)6-9/h6-8,10-12,17,21,23-24H,5H2,1-4H3,(H,20,25)/b9-6+/t10?,11-,12+,17+/m1/s1. The first kappa shape index (κ1) is 19.0. The zero-order chi connectivity index (χ0) is 18.9. The van der Waals surface area contributed by atoms with Crippen LogP contribution in [0.5, 0.6) is 11.5 Å². The van der Waals surface area contributed by atoms with E-state index in [1.807, 2.05) is 13.0 Å². The SMILES string of the molecule is C/C1=C\[C@@H](C)[C@H](O)c2cc(O)cc(c2O)NC(=O)[C@@H](C)C(=O)C(C)C1. The van der Waals surface area contributed by atoms with Crippen LogP contribution in [0.25, 0.3) is 0 Å². The number of nitrogens with one attached hydrogen (secondary N) is 1. The average Bonchev–Trinajstić information content (AvgIpc) is 2.54. The summed E-state index contributed by atoms with van der Waals surface area (Å²) in [7, 11) is 0. The molecule has 1 aromatic rings. The molecule has 1 amide bonds. The Bertz CT molecular complexity index is 725. The van der Waals surface area contributed by atoms with E-state index in [-0.39, 0.29) is 40.4 Å². The second-order valence-corrected chi connectivity index (χ2v) is 6.97. The molecule has 1 unspecified atom stereocenters. The van der Waals surface area contributed by atoms with Crippen LogP contribution in [0.4, 0.5) is 5.69 Å². The summed E-state index contributed by atoms with van der Waals surface area (Å²) in [6.07, 6.45) is 1.26. The van der Waals surface area contributed by atoms with Gasteiger partial charge in [0.2, 0.25) is 5.91 Å². The molecular formula is C19H25NO5. The van der Waals surface area contributed by atoms with Gasteiger partial charge in [0.1, 0.15) is 17.3 Å². The summed E-state index contributed by atoms with van der Waals surface area (Å²) in [5.41, 5.74) is 1.01. The van der Waals surface area contributed by atoms with Gasteiger partial charge in [-0.1, -0.05) is 25.5 Å². The lowest BCUT2D eigenvalue weighted by Crippen LogP contribution is -2.31. The number of benzene rings is 1. The number of aromatic hydroxyl groups is 2. The highest BCUT2D eigenvalue weighted by molar-refractivity contribution is 6.08. The molecule has 0 aliphatic carbocycles. The Morgan fingerprint density at radius 2 is 1.76 bits per heavy atom. The third kappa shape index (κ3) is 4.02. The van der Waals surface area contributed by atoms with Crippen LogP contribution in [-0.4, -0.2) is 27.0 Å². The summed E-state index contributed by atoms with van der Waals surface area (Å²) >= 11 is 0. The maximum Gasteiger partial charge on any atom is 0.234 e. The van der Waals surface area contributed by atoms with E-state index in [2.05, 4.69) is 5.32 Å². The van der Waals surface area contributed by atoms with Crippen LogP contribution < -0.4 is 5.32 Å². The molecule has 4 atom stereocenters. The number of hydrogen-bond donors (Lipinski definition) is 4. The molecule has 0 saturated carbocycles. The highest BCUT2D eigenvalue weighted by Crippen LogP contribution is 2.39. The molecule has 0 radical (unpaired) electrons. The highest BCUT2D eigenvalue weighted by Gasteiger charge is 2.29. The van der Waals surface area contributed by atoms with Crippen LogP contribution >= 0.6 is 0 Å². The van der Waals surface area contributed by atoms with Crippen molar-refractivity contribution in [2.45, 2.75) is 40.2 Å². The molecule has 136 valence electrons. The zero-order valence-corrected chi connectivity index (χ0v) is 14.9. The second kappa shape index (κ2) is 7.27. The minimum absolute atomic E-state index is 0.0292. The van der Waals surface area contributed by atoms with Crippen molar-refractivity contribution in [3.63, 3.8) is 0 Å². The van der Waals surface area contributed by atoms with Crippen LogP contribution in [-0.2, 0) is 9.59 Å². The van der Waals surface area contributed by atoms with E-state index in [9.17, 15) is 24.9 Å². The van der Waals surface area contributed by atoms with Crippen molar-refractivity contribution >= 4 is 17.4 Å². The van der Waals surface area contributed by atoms with Gasteiger partial charge in [0.25, 0.3) is 0 Å². The van der Waals surface area contributed by atoms with Crippen molar-refractivity contribution in [1.29, 1.82) is 0 Å². The fraction of sp³-hybridized carbons (Fsp3) is 0.474. The van der Waals surface area contributed by atoms with Gasteiger partial charge in [-0.25, -0.2) is 0 Å². The van der Waals surface area contributed by atoms with E-state index < -0.39 is 17.9 Å². The predicted octanol–water partition coefficient (Wildman–Crippen LogP) is 2.90. The Balaban J connectivity index is 2.58. The first-order valence-corrected chi connectivity index (χ1v) is 8.37. The molecule has 1 aliphatic heterocycles. The van der Waals surface area contributed by atoms with E-state index in [0.29, 0.717) is 6.42 Å². The number of carbonyl (C=O) groups excluding carboxylic acids is 2. The number of Topliss-reactive ketones (excluding diaryl/α,β-unsaturated/α-hetero) is 1. The van der Waals surface area contributed by atoms with Gasteiger partial charge in [-0.05, 0) is 26.3 Å². The predicted molar refractivity (Wildman–Crippen MR) is 94.2 cm³/mol. The number of allylic oxidation sites excluding steroid dienone is 1. The lowest BCUT2D eigenvalue weighted by Gasteiger charge is -2.20. The molecule has 0 saturated heterocycles. The Morgan fingerprint density at radius 3 is 2.40 bits per heavy atom. The molecule has 0 fully saturated rings. The number of phenolic OH excluding ortho intramolecular Hbond substituents is 2. The summed E-state index contributed by atoms with van der Waals surface area (Å²) < 4.78 is 0. The molecular weight excluding hydrogens is 322 g/mol. The van der Waals surface area contributed by atoms with Gasteiger partial charge in [0, 0.05) is 23.5 Å². The van der Waals surface area contributed by atoms with E-state index in [0.717, 1.165) is 5.57 Å². The number of amides is 1. The van der Waals surface area contributed by atoms with Gasteiger partial charge in [-0.3, -0.25) is 9.59 Å². The van der Waals surface area contributed by atoms with Gasteiger partial charge in [-0.2, -0.15) is 0 Å². The van der Waals surface area contributed by atoms with Gasteiger partial charge in [-0.15, -0.1) is 0 Å². The number of aliphatic hydroxyl groups excluding tert-OH is 1. The van der Waals surface area contributed by atoms with Crippen LogP contribution in [0, 0.1) is 17.8 Å². The van der Waals surface area contributed by atoms with Crippen molar-refractivity contribution in [3.8, 4) is 11.5 Å². The molecule has 1 aromatic carbocycles. The molecule has 25 heavy (non-hydrogen) atoms. The van der Waals surface area contributed by atoms with Gasteiger partial charge in [0.05, 0.1) is 17.7 Å². The smallest absolute Gasteiger partial charge is 0.234 e. The number of fused-ring (bicyclic) bond motifs is 2. The Hall–Kier alpha value is -2.34. The van der Waals surface area contributed by atoms with Crippen molar-refractivity contribution in [2.24, 2.45) is 17.8 Å². The second-order valence-electron chi connectivity index (χ2n) is 6.97. The molecule has 0 aromatic heterocycles. The van der Waals surface area contributed by atoms with Gasteiger partial charge < -0.3 is 20.6 Å². The Labute approximate surface area is 147 Å². The normalized spacial score (nSPS) is 30.4. The van der Waals surface area contributed by atoms with Crippen molar-refractivity contribution < 1.29 is 24.9 Å². The maximum absolute atomic E-state index is 12.5. The molecule has 1 heterocycles. The number of anilines is 1. The first-order chi connectivity index (χ1) is 11.6. The Morgan fingerprint density at radius 1 is 1.12 bits per heavy atom. The molecule has 0 spiro atoms. The van der Waals surface area contributed by atoms with Gasteiger partial charge >= 0.3 is 0 Å². The number of ketones is 1. The zero-order valence-electron chi connectivity index (χ0n) is 14.9. The number of rotatable bonds is 0. The lowest BCUT2D eigenvalue weighted by molar-refractivity contribution is -0.132. The van der Waals surface area contributed by atoms with Crippen LogP contribution in [0.2, 0.25) is 0 Å². The molecule has 2 bridgehead atoms. The van der Waals surface area contributed by atoms with E-state index in [4.69, 9.17) is 0 Å². The summed E-state index contributed by atoms with van der Waals surface area (Å²) in [5.74, 6) is -2.86. The summed E-state index contributed by atoms with van der Waals surface area (Å²) in [5, 5.41) is 33.3. The fourth-order valence-corrected chi connectivity index (χ4v) is 3.23. The summed E-state index contributed by atoms with van der Waals surface area (Å²) in [6.45, 7) is 6.94. The molecule has 4 N–H and O–H groups in total. The van der Waals surface area contributed by atoms with E-state index in [1.54, 1.807) is 13.8 Å². The Kier molecular flexibility index (Phi) is 5.52. The average molecular weight is 347 g/mol. The van der Waals surface area contributed by atoms with Crippen molar-refractivity contribution in [1.82, 2.24) is 0 Å². The molecule has 6 nitrogen and oxygen atoms in total. The maximum atomic E-state index is 12.5. The molecule has 2 rings (SSSR count). The fourth-order valence-electron chi connectivity index (χ4n) is 3.23. The third-order valence-corrected chi connectivity index (χ3v) is 4.68. The highest BCUT2D eigenvalue weighted by atomic mass is 16.3. The number of hydrogen-bond acceptors (Lipinski definition) is 5. The van der Waals surface area contributed by atoms with Crippen LogP contribution in [0.1, 0.15) is 45.8 Å². The molecule has 1 aliphatic rings. The number of carbonyl (C=O) groups is 2. The first-order valence-electron chi connectivity index (χ1n) is 8.37. The number of phenols is 2. The summed E-state index contributed by atoms with van der Waals surface area (Å²) in [4.78, 5) is 24.8. The minimum Gasteiger partial charge on any atom is -0.508 e. The van der Waals surface area contributed by atoms with Gasteiger partial charge in [0.15, 0.2) is 0 Å². The van der Waals surface area contributed by atoms with Crippen molar-refractivity contribution in [3.05, 3.63) is 29.3 Å². The van der Waals surface area contributed by atoms with E-state index >= 15 is 0 Å². The topological polar surface area (TPSA) is 107 Å². The summed E-state index contributed by atoms with van der Waals surface area (Å²) in [6, 6.07) is 2.46. The quantitative estimate of drug-likeness (QED) is 0.250. The van der Waals surface area contributed by atoms with Crippen LogP contribution in [0.3, 0.4) is 0 Å². The lowest BCUT2D eigenvalue weighted by atomic mass is 9.88.